The molecule has 0 saturated carbocycles. The van der Waals surface area contributed by atoms with Crippen LogP contribution in [0.2, 0.25) is 0 Å². The summed E-state index contributed by atoms with van der Waals surface area (Å²) in [4.78, 5) is 21.5. The highest BCUT2D eigenvalue weighted by Crippen LogP contribution is 2.28. The first-order valence-corrected chi connectivity index (χ1v) is 6.98. The minimum atomic E-state index is -0.430. The molecule has 1 aromatic rings. The summed E-state index contributed by atoms with van der Waals surface area (Å²) in [5.41, 5.74) is 2.97. The summed E-state index contributed by atoms with van der Waals surface area (Å²) in [7, 11) is 0. The number of hydrogen-bond acceptors (Lipinski definition) is 5. The second-order valence-corrected chi connectivity index (χ2v) is 4.64. The predicted octanol–water partition coefficient (Wildman–Crippen LogP) is 2.09. The third-order valence-electron chi connectivity index (χ3n) is 3.10. The van der Waals surface area contributed by atoms with Crippen molar-refractivity contribution < 1.29 is 14.5 Å². The number of nitro benzene ring substituents is 1. The first-order chi connectivity index (χ1) is 10.1. The molecule has 0 bridgehead atoms. The number of nitro groups is 1. The maximum Gasteiger partial charge on any atom is 0.311 e. The Morgan fingerprint density at radius 3 is 2.76 bits per heavy atom. The molecule has 116 valence electrons. The van der Waals surface area contributed by atoms with Gasteiger partial charge < -0.3 is 4.74 Å². The van der Waals surface area contributed by atoms with Crippen molar-refractivity contribution in [3.63, 3.8) is 0 Å². The van der Waals surface area contributed by atoms with E-state index in [2.05, 4.69) is 5.43 Å². The van der Waals surface area contributed by atoms with Gasteiger partial charge in [0.25, 0.3) is 0 Å². The van der Waals surface area contributed by atoms with Gasteiger partial charge in [0, 0.05) is 12.5 Å². The first-order valence-electron chi connectivity index (χ1n) is 6.98. The zero-order valence-electron chi connectivity index (χ0n) is 12.1. The van der Waals surface area contributed by atoms with Gasteiger partial charge in [-0.15, -0.1) is 0 Å². The van der Waals surface area contributed by atoms with Gasteiger partial charge >= 0.3 is 5.69 Å². The highest BCUT2D eigenvalue weighted by molar-refractivity contribution is 5.75. The van der Waals surface area contributed by atoms with Crippen LogP contribution in [0.15, 0.2) is 18.2 Å². The number of amides is 1. The lowest BCUT2D eigenvalue weighted by molar-refractivity contribution is -0.385. The third-order valence-corrected chi connectivity index (χ3v) is 3.10. The molecule has 0 atom stereocenters. The minimum absolute atomic E-state index is 0.00291. The molecule has 0 radical (unpaired) electrons. The van der Waals surface area contributed by atoms with Crippen molar-refractivity contribution in [2.24, 2.45) is 5.84 Å². The number of hydrazine groups is 1. The molecule has 1 rings (SSSR count). The van der Waals surface area contributed by atoms with Gasteiger partial charge in [0.2, 0.25) is 5.91 Å². The number of nitrogens with zero attached hydrogens (tertiary/aromatic N) is 1. The molecule has 0 saturated heterocycles. The SMILES string of the molecule is CCc1ccc(OCCCCCC(=O)NN)c([N+](=O)[O-])c1. The Morgan fingerprint density at radius 1 is 1.38 bits per heavy atom. The van der Waals surface area contributed by atoms with E-state index in [1.165, 1.54) is 0 Å². The molecule has 7 nitrogen and oxygen atoms in total. The first kappa shape index (κ1) is 16.9. The summed E-state index contributed by atoms with van der Waals surface area (Å²) >= 11 is 0. The summed E-state index contributed by atoms with van der Waals surface area (Å²) in [6, 6.07) is 5.01. The lowest BCUT2D eigenvalue weighted by Crippen LogP contribution is -2.29. The molecule has 1 amide bonds. The molecule has 3 N–H and O–H groups in total. The van der Waals surface area contributed by atoms with Crippen LogP contribution in [0.1, 0.15) is 38.2 Å². The van der Waals surface area contributed by atoms with Crippen molar-refractivity contribution in [2.45, 2.75) is 39.0 Å². The highest BCUT2D eigenvalue weighted by atomic mass is 16.6. The van der Waals surface area contributed by atoms with Gasteiger partial charge in [-0.1, -0.05) is 13.0 Å². The van der Waals surface area contributed by atoms with Crippen LogP contribution >= 0.6 is 0 Å². The van der Waals surface area contributed by atoms with Crippen LogP contribution in [0.25, 0.3) is 0 Å². The number of nitrogens with one attached hydrogen (secondary N) is 1. The third kappa shape index (κ3) is 5.78. The minimum Gasteiger partial charge on any atom is -0.487 e. The highest BCUT2D eigenvalue weighted by Gasteiger charge is 2.15. The Labute approximate surface area is 123 Å². The van der Waals surface area contributed by atoms with Gasteiger partial charge in [0.05, 0.1) is 11.5 Å². The van der Waals surface area contributed by atoms with Crippen molar-refractivity contribution in [3.8, 4) is 5.75 Å². The van der Waals surface area contributed by atoms with E-state index >= 15 is 0 Å². The maximum atomic E-state index is 11.0. The van der Waals surface area contributed by atoms with Gasteiger partial charge in [-0.05, 0) is 37.3 Å². The Hall–Kier alpha value is -2.15. The van der Waals surface area contributed by atoms with E-state index in [9.17, 15) is 14.9 Å². The molecule has 0 aliphatic carbocycles. The number of rotatable bonds is 9. The summed E-state index contributed by atoms with van der Waals surface area (Å²) in [6.45, 7) is 2.33. The van der Waals surface area contributed by atoms with E-state index in [-0.39, 0.29) is 17.3 Å². The maximum absolute atomic E-state index is 11.0. The van der Waals surface area contributed by atoms with Crippen LogP contribution in [0.5, 0.6) is 5.75 Å². The number of carbonyl (C=O) groups is 1. The lowest BCUT2D eigenvalue weighted by Gasteiger charge is -2.07. The van der Waals surface area contributed by atoms with E-state index in [0.717, 1.165) is 24.8 Å². The van der Waals surface area contributed by atoms with Crippen molar-refractivity contribution in [2.75, 3.05) is 6.61 Å². The molecule has 21 heavy (non-hydrogen) atoms. The lowest BCUT2D eigenvalue weighted by atomic mass is 10.1. The van der Waals surface area contributed by atoms with Crippen LogP contribution in [0.3, 0.4) is 0 Å². The number of carbonyl (C=O) groups excluding carboxylic acids is 1. The number of aryl methyl sites for hydroxylation is 1. The number of benzene rings is 1. The molecular formula is C14H21N3O4. The van der Waals surface area contributed by atoms with Crippen molar-refractivity contribution in [1.29, 1.82) is 0 Å². The number of ether oxygens (including phenoxy) is 1. The summed E-state index contributed by atoms with van der Waals surface area (Å²) in [6.07, 6.45) is 3.36. The van der Waals surface area contributed by atoms with Gasteiger partial charge in [-0.3, -0.25) is 20.3 Å². The molecule has 0 aromatic heterocycles. The van der Waals surface area contributed by atoms with Crippen LogP contribution in [-0.2, 0) is 11.2 Å². The zero-order valence-corrected chi connectivity index (χ0v) is 12.1. The largest absolute Gasteiger partial charge is 0.487 e. The fourth-order valence-corrected chi connectivity index (χ4v) is 1.87. The Kier molecular flexibility index (Phi) is 7.17. The van der Waals surface area contributed by atoms with E-state index in [1.807, 2.05) is 13.0 Å². The molecule has 0 heterocycles. The Morgan fingerprint density at radius 2 is 2.14 bits per heavy atom. The number of nitrogens with two attached hydrogens (primary N) is 1. The molecule has 0 unspecified atom stereocenters. The summed E-state index contributed by atoms with van der Waals surface area (Å²) in [5, 5.41) is 11.0. The summed E-state index contributed by atoms with van der Waals surface area (Å²) in [5.74, 6) is 5.07. The van der Waals surface area contributed by atoms with Crippen molar-refractivity contribution >= 4 is 11.6 Å². The molecule has 1 aromatic carbocycles. The van der Waals surface area contributed by atoms with Crippen molar-refractivity contribution in [1.82, 2.24) is 5.43 Å². The average molecular weight is 295 g/mol. The van der Waals surface area contributed by atoms with Gasteiger partial charge in [-0.25, -0.2) is 5.84 Å². The van der Waals surface area contributed by atoms with E-state index < -0.39 is 4.92 Å². The quantitative estimate of drug-likeness (QED) is 0.238. The van der Waals surface area contributed by atoms with Gasteiger partial charge in [0.1, 0.15) is 0 Å². The predicted molar refractivity (Wildman–Crippen MR) is 78.8 cm³/mol. The number of hydrogen-bond donors (Lipinski definition) is 2. The Balaban J connectivity index is 2.41. The van der Waals surface area contributed by atoms with Gasteiger partial charge in [0.15, 0.2) is 5.75 Å². The second kappa shape index (κ2) is 8.91. The average Bonchev–Trinajstić information content (AvgIpc) is 2.50. The van der Waals surface area contributed by atoms with Crippen molar-refractivity contribution in [3.05, 3.63) is 33.9 Å². The molecule has 7 heteroatoms. The normalized spacial score (nSPS) is 10.2. The monoisotopic (exact) mass is 295 g/mol. The topological polar surface area (TPSA) is 107 Å². The number of unbranched alkanes of at least 4 members (excludes halogenated alkanes) is 2. The summed E-state index contributed by atoms with van der Waals surface area (Å²) < 4.78 is 5.46. The van der Waals surface area contributed by atoms with Crippen LogP contribution in [0.4, 0.5) is 5.69 Å². The Bertz CT molecular complexity index is 491. The zero-order chi connectivity index (χ0) is 15.7. The standard InChI is InChI=1S/C14H21N3O4/c1-2-11-7-8-13(12(10-11)17(19)20)21-9-5-3-4-6-14(18)16-15/h7-8,10H,2-6,9,15H2,1H3,(H,16,18). The molecule has 0 aliphatic heterocycles. The van der Waals surface area contributed by atoms with Crippen LogP contribution in [-0.4, -0.2) is 17.4 Å². The van der Waals surface area contributed by atoms with E-state index in [0.29, 0.717) is 19.4 Å². The van der Waals surface area contributed by atoms with Crippen LogP contribution < -0.4 is 16.0 Å². The van der Waals surface area contributed by atoms with E-state index in [4.69, 9.17) is 10.6 Å². The van der Waals surface area contributed by atoms with Gasteiger partial charge in [-0.2, -0.15) is 0 Å². The second-order valence-electron chi connectivity index (χ2n) is 4.64. The molecular weight excluding hydrogens is 274 g/mol. The molecule has 0 spiro atoms. The smallest absolute Gasteiger partial charge is 0.311 e. The molecule has 0 aliphatic rings. The molecule has 0 fully saturated rings. The fraction of sp³-hybridized carbons (Fsp3) is 0.500. The van der Waals surface area contributed by atoms with E-state index in [1.54, 1.807) is 12.1 Å². The fourth-order valence-electron chi connectivity index (χ4n) is 1.87. The van der Waals surface area contributed by atoms with Crippen LogP contribution in [0, 0.1) is 10.1 Å².